The number of hydrogen-bond donors (Lipinski definition) is 1. The van der Waals surface area contributed by atoms with Crippen molar-refractivity contribution < 1.29 is 9.53 Å². The third-order valence-corrected chi connectivity index (χ3v) is 8.58. The Morgan fingerprint density at radius 2 is 1.69 bits per heavy atom. The van der Waals surface area contributed by atoms with E-state index in [4.69, 9.17) is 10.5 Å². The van der Waals surface area contributed by atoms with Gasteiger partial charge in [-0.1, -0.05) is 32.0 Å². The fourth-order valence-electron chi connectivity index (χ4n) is 6.40. The van der Waals surface area contributed by atoms with Gasteiger partial charge in [-0.05, 0) is 82.8 Å². The van der Waals surface area contributed by atoms with Crippen LogP contribution in [0.15, 0.2) is 24.3 Å². The predicted molar refractivity (Wildman–Crippen MR) is 144 cm³/mol. The van der Waals surface area contributed by atoms with Crippen LogP contribution in [0.3, 0.4) is 0 Å². The van der Waals surface area contributed by atoms with Crippen molar-refractivity contribution in [3.05, 3.63) is 35.5 Å². The Labute approximate surface area is 212 Å². The van der Waals surface area contributed by atoms with Crippen molar-refractivity contribution in [2.24, 2.45) is 23.0 Å². The van der Waals surface area contributed by atoms with Crippen LogP contribution in [0.5, 0.6) is 0 Å². The van der Waals surface area contributed by atoms with Crippen LogP contribution in [0, 0.1) is 17.3 Å². The van der Waals surface area contributed by atoms with Crippen LogP contribution in [-0.4, -0.2) is 41.2 Å². The first kappa shape index (κ1) is 26.2. The number of nitrogens with two attached hydrogens (primary N) is 1. The molecule has 1 aliphatic heterocycles. The summed E-state index contributed by atoms with van der Waals surface area (Å²) in [5, 5.41) is 1.25. The van der Waals surface area contributed by atoms with Gasteiger partial charge in [0.15, 0.2) is 0 Å². The molecule has 2 aromatic rings. The summed E-state index contributed by atoms with van der Waals surface area (Å²) in [7, 11) is 0. The van der Waals surface area contributed by atoms with Crippen molar-refractivity contribution in [3.63, 3.8) is 0 Å². The first-order valence-corrected chi connectivity index (χ1v) is 13.9. The minimum absolute atomic E-state index is 0.144. The van der Waals surface area contributed by atoms with E-state index in [2.05, 4.69) is 47.6 Å². The van der Waals surface area contributed by atoms with E-state index in [-0.39, 0.29) is 5.97 Å². The molecule has 194 valence electrons. The van der Waals surface area contributed by atoms with Gasteiger partial charge in [-0.15, -0.1) is 0 Å². The molecule has 1 aliphatic carbocycles. The highest BCUT2D eigenvalue weighted by atomic mass is 16.5. The van der Waals surface area contributed by atoms with Crippen LogP contribution in [0.4, 0.5) is 0 Å². The van der Waals surface area contributed by atoms with Crippen molar-refractivity contribution in [2.75, 3.05) is 19.7 Å². The zero-order chi connectivity index (χ0) is 25.2. The van der Waals surface area contributed by atoms with Gasteiger partial charge in [-0.25, -0.2) is 0 Å². The smallest absolute Gasteiger partial charge is 0.311 e. The van der Waals surface area contributed by atoms with Gasteiger partial charge in [0.1, 0.15) is 0 Å². The van der Waals surface area contributed by atoms with E-state index in [1.807, 2.05) is 20.8 Å². The summed E-state index contributed by atoms with van der Waals surface area (Å²) in [4.78, 5) is 15.1. The van der Waals surface area contributed by atoms with Gasteiger partial charge in [0.25, 0.3) is 0 Å². The largest absolute Gasteiger partial charge is 0.465 e. The molecule has 5 nitrogen and oxygen atoms in total. The molecule has 4 rings (SSSR count). The standard InChI is InChI=1S/C30H47N3O2/c1-21(2)22-10-12-23(13-11-22)32-17-14-24(15-18-32)33-27-9-7-6-8-25(27)26(20-31)28(33)16-19-35-29(34)30(3,4)5/h6-9,21-24H,10-20,31H2,1-5H3. The number of nitrogens with zero attached hydrogens (tertiary/aromatic N) is 2. The maximum absolute atomic E-state index is 12.4. The lowest BCUT2D eigenvalue weighted by molar-refractivity contribution is -0.152. The van der Waals surface area contributed by atoms with E-state index >= 15 is 0 Å². The Morgan fingerprint density at radius 1 is 1.03 bits per heavy atom. The molecule has 0 spiro atoms. The lowest BCUT2D eigenvalue weighted by atomic mass is 9.79. The number of aromatic nitrogens is 1. The van der Waals surface area contributed by atoms with Crippen LogP contribution in [0.1, 0.15) is 90.4 Å². The number of hydrogen-bond acceptors (Lipinski definition) is 4. The molecule has 2 N–H and O–H groups in total. The quantitative estimate of drug-likeness (QED) is 0.487. The molecule has 0 amide bonds. The van der Waals surface area contributed by atoms with Crippen molar-refractivity contribution in [1.82, 2.24) is 9.47 Å². The summed E-state index contributed by atoms with van der Waals surface area (Å²) in [6, 6.07) is 9.90. The Hall–Kier alpha value is -1.85. The molecule has 1 saturated heterocycles. The number of piperidine rings is 1. The molecule has 35 heavy (non-hydrogen) atoms. The maximum Gasteiger partial charge on any atom is 0.311 e. The van der Waals surface area contributed by atoms with E-state index < -0.39 is 5.41 Å². The van der Waals surface area contributed by atoms with Crippen LogP contribution in [0.25, 0.3) is 10.9 Å². The number of benzene rings is 1. The van der Waals surface area contributed by atoms with E-state index in [0.29, 0.717) is 25.6 Å². The van der Waals surface area contributed by atoms with Crippen LogP contribution < -0.4 is 5.73 Å². The molecular formula is C30H47N3O2. The summed E-state index contributed by atoms with van der Waals surface area (Å²) in [5.41, 5.74) is 9.55. The van der Waals surface area contributed by atoms with E-state index in [1.165, 1.54) is 73.8 Å². The Bertz CT molecular complexity index is 987. The van der Waals surface area contributed by atoms with Crippen LogP contribution >= 0.6 is 0 Å². The summed E-state index contributed by atoms with van der Waals surface area (Å²) in [6.07, 6.45) is 8.55. The van der Waals surface area contributed by atoms with Crippen LogP contribution in [0.2, 0.25) is 0 Å². The molecule has 0 bridgehead atoms. The number of carbonyl (C=O) groups is 1. The highest BCUT2D eigenvalue weighted by Gasteiger charge is 2.32. The fraction of sp³-hybridized carbons (Fsp3) is 0.700. The maximum atomic E-state index is 12.4. The third-order valence-electron chi connectivity index (χ3n) is 8.58. The number of esters is 1. The van der Waals surface area contributed by atoms with Crippen molar-refractivity contribution in [2.45, 2.75) is 98.2 Å². The van der Waals surface area contributed by atoms with E-state index in [0.717, 1.165) is 17.9 Å². The lowest BCUT2D eigenvalue weighted by Crippen LogP contribution is -2.44. The number of rotatable bonds is 7. The highest BCUT2D eigenvalue weighted by molar-refractivity contribution is 5.86. The molecule has 2 aliphatic rings. The fourth-order valence-corrected chi connectivity index (χ4v) is 6.40. The van der Waals surface area contributed by atoms with Crippen LogP contribution in [-0.2, 0) is 22.5 Å². The first-order chi connectivity index (χ1) is 16.7. The second-order valence-electron chi connectivity index (χ2n) is 12.2. The van der Waals surface area contributed by atoms with Crippen molar-refractivity contribution >= 4 is 16.9 Å². The van der Waals surface area contributed by atoms with Gasteiger partial charge < -0.3 is 19.9 Å². The SMILES string of the molecule is CC(C)C1CCC(N2CCC(n3c(CCOC(=O)C(C)(C)C)c(CN)c4ccccc43)CC2)CC1. The summed E-state index contributed by atoms with van der Waals surface area (Å²) >= 11 is 0. The van der Waals surface area contributed by atoms with Crippen molar-refractivity contribution in [1.29, 1.82) is 0 Å². The number of likely N-dealkylation sites (tertiary alicyclic amines) is 1. The van der Waals surface area contributed by atoms with Gasteiger partial charge in [0.2, 0.25) is 0 Å². The molecule has 0 radical (unpaired) electrons. The Kier molecular flexibility index (Phi) is 8.27. The summed E-state index contributed by atoms with van der Waals surface area (Å²) in [5.74, 6) is 1.59. The monoisotopic (exact) mass is 481 g/mol. The summed E-state index contributed by atoms with van der Waals surface area (Å²) in [6.45, 7) is 13.7. The topological polar surface area (TPSA) is 60.5 Å². The minimum Gasteiger partial charge on any atom is -0.465 e. The summed E-state index contributed by atoms with van der Waals surface area (Å²) < 4.78 is 8.22. The van der Waals surface area contributed by atoms with Gasteiger partial charge in [0, 0.05) is 54.7 Å². The highest BCUT2D eigenvalue weighted by Crippen LogP contribution is 2.37. The zero-order valence-electron chi connectivity index (χ0n) is 22.7. The average Bonchev–Trinajstić information content (AvgIpc) is 3.16. The van der Waals surface area contributed by atoms with Crippen molar-refractivity contribution in [3.8, 4) is 0 Å². The lowest BCUT2D eigenvalue weighted by Gasteiger charge is -2.42. The molecule has 1 saturated carbocycles. The first-order valence-electron chi connectivity index (χ1n) is 13.9. The number of para-hydroxylation sites is 1. The molecular weight excluding hydrogens is 434 g/mol. The van der Waals surface area contributed by atoms with Gasteiger partial charge in [0.05, 0.1) is 12.0 Å². The number of carbonyl (C=O) groups excluding carboxylic acids is 1. The van der Waals surface area contributed by atoms with Gasteiger partial charge >= 0.3 is 5.97 Å². The second-order valence-corrected chi connectivity index (χ2v) is 12.2. The molecule has 0 unspecified atom stereocenters. The minimum atomic E-state index is -0.482. The molecule has 2 heterocycles. The molecule has 1 aromatic heterocycles. The Morgan fingerprint density at radius 3 is 2.29 bits per heavy atom. The zero-order valence-corrected chi connectivity index (χ0v) is 22.7. The van der Waals surface area contributed by atoms with Gasteiger partial charge in [-0.3, -0.25) is 4.79 Å². The molecule has 5 heteroatoms. The predicted octanol–water partition coefficient (Wildman–Crippen LogP) is 6.08. The van der Waals surface area contributed by atoms with Gasteiger partial charge in [-0.2, -0.15) is 0 Å². The Balaban J connectivity index is 1.49. The molecule has 2 fully saturated rings. The number of fused-ring (bicyclic) bond motifs is 1. The number of ether oxygens (including phenoxy) is 1. The van der Waals surface area contributed by atoms with E-state index in [9.17, 15) is 4.79 Å². The molecule has 1 aromatic carbocycles. The second kappa shape index (κ2) is 11.0. The molecule has 0 atom stereocenters. The third kappa shape index (κ3) is 5.77. The normalized spacial score (nSPS) is 22.7. The van der Waals surface area contributed by atoms with E-state index in [1.54, 1.807) is 0 Å². The average molecular weight is 482 g/mol.